The zero-order chi connectivity index (χ0) is 21.8. The number of primary amides is 1. The minimum atomic E-state index is -0.469. The van der Waals surface area contributed by atoms with E-state index in [4.69, 9.17) is 5.73 Å². The number of anilines is 2. The van der Waals surface area contributed by atoms with Gasteiger partial charge >= 0.3 is 0 Å². The van der Waals surface area contributed by atoms with Crippen LogP contribution in [0.4, 0.5) is 15.9 Å². The molecule has 160 valence electrons. The van der Waals surface area contributed by atoms with Crippen LogP contribution in [0, 0.1) is 5.82 Å². The van der Waals surface area contributed by atoms with Crippen LogP contribution in [0.2, 0.25) is 0 Å². The van der Waals surface area contributed by atoms with Gasteiger partial charge in [-0.2, -0.15) is 5.10 Å². The van der Waals surface area contributed by atoms with Crippen LogP contribution in [0.5, 0.6) is 0 Å². The van der Waals surface area contributed by atoms with Gasteiger partial charge in [0, 0.05) is 30.6 Å². The maximum atomic E-state index is 13.3. The molecular formula is C23H24FN5O2. The van der Waals surface area contributed by atoms with Gasteiger partial charge in [0.2, 0.25) is 11.8 Å². The van der Waals surface area contributed by atoms with Gasteiger partial charge < -0.3 is 16.0 Å². The van der Waals surface area contributed by atoms with Crippen molar-refractivity contribution in [3.63, 3.8) is 0 Å². The summed E-state index contributed by atoms with van der Waals surface area (Å²) in [5.74, 6) is -0.0849. The summed E-state index contributed by atoms with van der Waals surface area (Å²) in [4.78, 5) is 25.9. The third kappa shape index (κ3) is 5.28. The quantitative estimate of drug-likeness (QED) is 0.555. The monoisotopic (exact) mass is 421 g/mol. The van der Waals surface area contributed by atoms with Gasteiger partial charge in [-0.15, -0.1) is 0 Å². The van der Waals surface area contributed by atoms with Crippen molar-refractivity contribution in [2.24, 2.45) is 5.73 Å². The molecule has 4 rings (SSSR count). The van der Waals surface area contributed by atoms with Gasteiger partial charge in [0.05, 0.1) is 17.9 Å². The standard InChI is InChI=1S/C23H24FN5O2/c24-17-8-10-18(11-9-17)28(13-12-21(25)30)15-23(31)26-22-14-20(16-6-7-16)27-29(22)19-4-2-1-3-5-19/h1-5,8-11,14,16H,6-7,12-13,15H2,(H2,25,30)(H,26,31). The highest BCUT2D eigenvalue weighted by molar-refractivity contribution is 5.93. The van der Waals surface area contributed by atoms with E-state index in [0.29, 0.717) is 17.4 Å². The Balaban J connectivity index is 1.53. The lowest BCUT2D eigenvalue weighted by atomic mass is 10.2. The van der Waals surface area contributed by atoms with Crippen molar-refractivity contribution < 1.29 is 14.0 Å². The van der Waals surface area contributed by atoms with Gasteiger partial charge in [-0.3, -0.25) is 9.59 Å². The molecule has 0 aliphatic heterocycles. The second-order valence-corrected chi connectivity index (χ2v) is 7.64. The molecule has 1 saturated carbocycles. The Kier molecular flexibility index (Phi) is 5.97. The fourth-order valence-corrected chi connectivity index (χ4v) is 3.39. The minimum Gasteiger partial charge on any atom is -0.370 e. The fourth-order valence-electron chi connectivity index (χ4n) is 3.39. The van der Waals surface area contributed by atoms with E-state index < -0.39 is 5.91 Å². The molecule has 1 aromatic heterocycles. The number of hydrogen-bond donors (Lipinski definition) is 2. The molecule has 2 aromatic carbocycles. The van der Waals surface area contributed by atoms with Gasteiger partial charge in [0.25, 0.3) is 0 Å². The molecule has 7 nitrogen and oxygen atoms in total. The highest BCUT2D eigenvalue weighted by Crippen LogP contribution is 2.40. The molecule has 31 heavy (non-hydrogen) atoms. The van der Waals surface area contributed by atoms with Gasteiger partial charge in [0.1, 0.15) is 11.6 Å². The number of nitrogens with one attached hydrogen (secondary N) is 1. The third-order valence-corrected chi connectivity index (χ3v) is 5.15. The lowest BCUT2D eigenvalue weighted by Crippen LogP contribution is -2.36. The second-order valence-electron chi connectivity index (χ2n) is 7.64. The number of rotatable bonds is 9. The number of carbonyl (C=O) groups excluding carboxylic acids is 2. The van der Waals surface area contributed by atoms with E-state index in [2.05, 4.69) is 10.4 Å². The maximum Gasteiger partial charge on any atom is 0.245 e. The van der Waals surface area contributed by atoms with Crippen LogP contribution in [0.1, 0.15) is 30.9 Å². The van der Waals surface area contributed by atoms with Gasteiger partial charge in [-0.1, -0.05) is 18.2 Å². The van der Waals surface area contributed by atoms with Crippen molar-refractivity contribution in [2.75, 3.05) is 23.3 Å². The molecule has 8 heteroatoms. The van der Waals surface area contributed by atoms with E-state index in [9.17, 15) is 14.0 Å². The average molecular weight is 421 g/mol. The van der Waals surface area contributed by atoms with Crippen LogP contribution in [-0.4, -0.2) is 34.7 Å². The zero-order valence-corrected chi connectivity index (χ0v) is 17.0. The van der Waals surface area contributed by atoms with E-state index in [1.165, 1.54) is 12.1 Å². The van der Waals surface area contributed by atoms with Crippen molar-refractivity contribution in [2.45, 2.75) is 25.2 Å². The molecule has 0 saturated heterocycles. The number of aromatic nitrogens is 2. The van der Waals surface area contributed by atoms with Gasteiger partial charge in [0.15, 0.2) is 0 Å². The van der Waals surface area contributed by atoms with E-state index >= 15 is 0 Å². The Morgan fingerprint density at radius 3 is 2.48 bits per heavy atom. The Morgan fingerprint density at radius 1 is 1.13 bits per heavy atom. The summed E-state index contributed by atoms with van der Waals surface area (Å²) in [6.07, 6.45) is 2.29. The largest absolute Gasteiger partial charge is 0.370 e. The number of para-hydroxylation sites is 1. The number of benzene rings is 2. The summed E-state index contributed by atoms with van der Waals surface area (Å²) in [5.41, 5.74) is 7.73. The highest BCUT2D eigenvalue weighted by Gasteiger charge is 2.28. The lowest BCUT2D eigenvalue weighted by Gasteiger charge is -2.24. The first-order chi connectivity index (χ1) is 15.0. The average Bonchev–Trinajstić information content (AvgIpc) is 3.53. The molecular weight excluding hydrogens is 397 g/mol. The summed E-state index contributed by atoms with van der Waals surface area (Å²) >= 11 is 0. The molecule has 0 radical (unpaired) electrons. The van der Waals surface area contributed by atoms with Crippen LogP contribution >= 0.6 is 0 Å². The number of halogens is 1. The number of carbonyl (C=O) groups is 2. The van der Waals surface area contributed by atoms with Crippen molar-refractivity contribution in [1.82, 2.24) is 9.78 Å². The zero-order valence-electron chi connectivity index (χ0n) is 17.0. The summed E-state index contributed by atoms with van der Waals surface area (Å²) in [6.45, 7) is 0.233. The topological polar surface area (TPSA) is 93.2 Å². The lowest BCUT2D eigenvalue weighted by molar-refractivity contribution is -0.118. The van der Waals surface area contributed by atoms with Crippen LogP contribution in [-0.2, 0) is 9.59 Å². The summed E-state index contributed by atoms with van der Waals surface area (Å²) in [7, 11) is 0. The van der Waals surface area contributed by atoms with E-state index in [1.807, 2.05) is 36.4 Å². The molecule has 2 amide bonds. The smallest absolute Gasteiger partial charge is 0.245 e. The molecule has 0 spiro atoms. The molecule has 3 N–H and O–H groups in total. The van der Waals surface area contributed by atoms with Crippen LogP contribution in [0.15, 0.2) is 60.7 Å². The SMILES string of the molecule is NC(=O)CCN(CC(=O)Nc1cc(C2CC2)nn1-c1ccccc1)c1ccc(F)cc1. The first-order valence-corrected chi connectivity index (χ1v) is 10.2. The van der Waals surface area contributed by atoms with E-state index in [0.717, 1.165) is 24.2 Å². The fraction of sp³-hybridized carbons (Fsp3) is 0.261. The molecule has 3 aromatic rings. The highest BCUT2D eigenvalue weighted by atomic mass is 19.1. The van der Waals surface area contributed by atoms with Gasteiger partial charge in [-0.25, -0.2) is 9.07 Å². The first-order valence-electron chi connectivity index (χ1n) is 10.2. The Morgan fingerprint density at radius 2 is 1.84 bits per heavy atom. The molecule has 1 heterocycles. The Hall–Kier alpha value is -3.68. The number of amides is 2. The number of hydrogen-bond acceptors (Lipinski definition) is 4. The number of nitrogens with two attached hydrogens (primary N) is 1. The Labute approximate surface area is 179 Å². The molecule has 0 atom stereocenters. The van der Waals surface area contributed by atoms with Crippen molar-refractivity contribution in [3.8, 4) is 5.69 Å². The van der Waals surface area contributed by atoms with Crippen LogP contribution in [0.25, 0.3) is 5.69 Å². The normalized spacial score (nSPS) is 13.1. The van der Waals surface area contributed by atoms with Crippen molar-refractivity contribution >= 4 is 23.3 Å². The molecule has 1 fully saturated rings. The maximum absolute atomic E-state index is 13.3. The third-order valence-electron chi connectivity index (χ3n) is 5.15. The Bertz CT molecular complexity index is 1060. The molecule has 1 aliphatic carbocycles. The minimum absolute atomic E-state index is 0.0162. The first kappa shape index (κ1) is 20.6. The summed E-state index contributed by atoms with van der Waals surface area (Å²) < 4.78 is 15.0. The van der Waals surface area contributed by atoms with Crippen LogP contribution in [0.3, 0.4) is 0 Å². The van der Waals surface area contributed by atoms with Crippen molar-refractivity contribution in [3.05, 3.63) is 72.2 Å². The predicted octanol–water partition coefficient (Wildman–Crippen LogP) is 3.21. The summed E-state index contributed by atoms with van der Waals surface area (Å²) in [5, 5.41) is 7.63. The summed E-state index contributed by atoms with van der Waals surface area (Å²) in [6, 6.07) is 17.3. The van der Waals surface area contributed by atoms with E-state index in [1.54, 1.807) is 21.7 Å². The predicted molar refractivity (Wildman–Crippen MR) is 117 cm³/mol. The van der Waals surface area contributed by atoms with E-state index in [-0.39, 0.29) is 31.2 Å². The van der Waals surface area contributed by atoms with Crippen molar-refractivity contribution in [1.29, 1.82) is 0 Å². The molecule has 1 aliphatic rings. The molecule has 0 unspecified atom stereocenters. The molecule has 0 bridgehead atoms. The number of nitrogens with zero attached hydrogens (tertiary/aromatic N) is 3. The van der Waals surface area contributed by atoms with Gasteiger partial charge in [-0.05, 0) is 49.2 Å². The second kappa shape index (κ2) is 8.99. The van der Waals surface area contributed by atoms with Crippen LogP contribution < -0.4 is 16.0 Å².